The molecular weight excluding hydrogens is 325 g/mol. The molecule has 0 unspecified atom stereocenters. The lowest BCUT2D eigenvalue weighted by molar-refractivity contribution is 0.0939. The second kappa shape index (κ2) is 7.08. The third kappa shape index (κ3) is 3.47. The van der Waals surface area contributed by atoms with E-state index in [4.69, 9.17) is 4.74 Å². The number of carbonyl (C=O) groups is 1. The van der Waals surface area contributed by atoms with Crippen LogP contribution in [0.2, 0.25) is 0 Å². The van der Waals surface area contributed by atoms with E-state index in [1.54, 1.807) is 37.3 Å². The maximum atomic E-state index is 13.9. The van der Waals surface area contributed by atoms with Crippen LogP contribution in [0.15, 0.2) is 48.8 Å². The van der Waals surface area contributed by atoms with Gasteiger partial charge < -0.3 is 10.1 Å². The van der Waals surface area contributed by atoms with Crippen LogP contribution in [-0.4, -0.2) is 33.2 Å². The summed E-state index contributed by atoms with van der Waals surface area (Å²) in [5.74, 6) is -0.628. The normalized spacial score (nSPS) is 11.8. The Kier molecular flexibility index (Phi) is 4.69. The zero-order chi connectivity index (χ0) is 17.8. The molecule has 0 saturated carbocycles. The highest BCUT2D eigenvalue weighted by Crippen LogP contribution is 2.22. The molecule has 1 aromatic heterocycles. The van der Waals surface area contributed by atoms with Crippen molar-refractivity contribution < 1.29 is 13.9 Å². The van der Waals surface area contributed by atoms with E-state index in [1.807, 2.05) is 0 Å². The van der Waals surface area contributed by atoms with Crippen molar-refractivity contribution in [2.45, 2.75) is 13.0 Å². The molecule has 1 N–H and O–H groups in total. The van der Waals surface area contributed by atoms with E-state index in [2.05, 4.69) is 20.8 Å². The fourth-order valence-electron chi connectivity index (χ4n) is 2.45. The smallest absolute Gasteiger partial charge is 0.253 e. The molecule has 0 fully saturated rings. The number of benzene rings is 2. The van der Waals surface area contributed by atoms with Crippen molar-refractivity contribution in [1.29, 1.82) is 0 Å². The Morgan fingerprint density at radius 2 is 2.08 bits per heavy atom. The fraction of sp³-hybridized carbons (Fsp3) is 0.176. The van der Waals surface area contributed by atoms with Gasteiger partial charge in [-0.3, -0.25) is 4.79 Å². The van der Waals surface area contributed by atoms with Gasteiger partial charge in [-0.1, -0.05) is 18.2 Å². The van der Waals surface area contributed by atoms with Gasteiger partial charge in [-0.05, 0) is 47.2 Å². The third-order valence-corrected chi connectivity index (χ3v) is 3.77. The number of nitrogens with one attached hydrogen (secondary N) is 1. The number of tetrazole rings is 1. The Morgan fingerprint density at radius 1 is 1.28 bits per heavy atom. The van der Waals surface area contributed by atoms with Crippen molar-refractivity contribution in [1.82, 2.24) is 25.5 Å². The van der Waals surface area contributed by atoms with E-state index in [0.717, 1.165) is 0 Å². The van der Waals surface area contributed by atoms with Crippen LogP contribution < -0.4 is 10.1 Å². The molecule has 0 saturated heterocycles. The predicted octanol–water partition coefficient (Wildman–Crippen LogP) is 2.30. The van der Waals surface area contributed by atoms with Gasteiger partial charge >= 0.3 is 0 Å². The van der Waals surface area contributed by atoms with Gasteiger partial charge in [0.05, 0.1) is 24.4 Å². The first-order valence-corrected chi connectivity index (χ1v) is 7.57. The summed E-state index contributed by atoms with van der Waals surface area (Å²) >= 11 is 0. The van der Waals surface area contributed by atoms with Crippen molar-refractivity contribution in [2.75, 3.05) is 7.11 Å². The van der Waals surface area contributed by atoms with Crippen molar-refractivity contribution in [3.8, 4) is 11.4 Å². The van der Waals surface area contributed by atoms with Crippen molar-refractivity contribution >= 4 is 5.91 Å². The molecule has 0 spiro atoms. The summed E-state index contributed by atoms with van der Waals surface area (Å²) in [5, 5.41) is 13.8. The molecule has 25 heavy (non-hydrogen) atoms. The summed E-state index contributed by atoms with van der Waals surface area (Å²) in [6, 6.07) is 11.1. The highest BCUT2D eigenvalue weighted by Gasteiger charge is 2.17. The van der Waals surface area contributed by atoms with Crippen LogP contribution in [0.4, 0.5) is 4.39 Å². The molecule has 128 valence electrons. The highest BCUT2D eigenvalue weighted by molar-refractivity contribution is 5.97. The molecule has 1 heterocycles. The quantitative estimate of drug-likeness (QED) is 0.770. The number of carbonyl (C=O) groups excluding carboxylic acids is 1. The van der Waals surface area contributed by atoms with E-state index >= 15 is 0 Å². The van der Waals surface area contributed by atoms with Crippen LogP contribution in [0.5, 0.6) is 5.75 Å². The number of hydrogen-bond acceptors (Lipinski definition) is 5. The molecule has 2 aromatic carbocycles. The summed E-state index contributed by atoms with van der Waals surface area (Å²) in [6.45, 7) is 1.78. The standard InChI is InChI=1S/C17H16FN5O2/c1-11(12-7-8-16(25-2)14(18)9-12)20-17(24)13-5-3-4-6-15(13)23-10-19-21-22-23/h3-11H,1-2H3,(H,20,24)/t11-/m1/s1. The number of halogens is 1. The van der Waals surface area contributed by atoms with Gasteiger partial charge in [0.25, 0.3) is 5.91 Å². The predicted molar refractivity (Wildman–Crippen MR) is 88.0 cm³/mol. The average Bonchev–Trinajstić information content (AvgIpc) is 3.16. The molecule has 0 bridgehead atoms. The Morgan fingerprint density at radius 3 is 2.76 bits per heavy atom. The zero-order valence-corrected chi connectivity index (χ0v) is 13.7. The molecule has 0 aliphatic heterocycles. The van der Waals surface area contributed by atoms with Crippen LogP contribution in [0.25, 0.3) is 5.69 Å². The first-order valence-electron chi connectivity index (χ1n) is 7.57. The summed E-state index contributed by atoms with van der Waals surface area (Å²) < 4.78 is 20.2. The van der Waals surface area contributed by atoms with E-state index in [-0.39, 0.29) is 11.7 Å². The number of rotatable bonds is 5. The minimum absolute atomic E-state index is 0.159. The van der Waals surface area contributed by atoms with E-state index in [1.165, 1.54) is 30.3 Å². The molecule has 8 heteroatoms. The lowest BCUT2D eigenvalue weighted by Gasteiger charge is -2.16. The maximum absolute atomic E-state index is 13.9. The van der Waals surface area contributed by atoms with Crippen LogP contribution in [0.1, 0.15) is 28.9 Å². The molecule has 0 aliphatic carbocycles. The SMILES string of the molecule is COc1ccc([C@@H](C)NC(=O)c2ccccc2-n2cnnn2)cc1F. The Hall–Kier alpha value is -3.29. The number of amides is 1. The Bertz CT molecular complexity index is 883. The first kappa shape index (κ1) is 16.6. The van der Waals surface area contributed by atoms with Gasteiger partial charge in [-0.25, -0.2) is 4.39 Å². The summed E-state index contributed by atoms with van der Waals surface area (Å²) in [7, 11) is 1.40. The van der Waals surface area contributed by atoms with Crippen molar-refractivity contribution in [3.63, 3.8) is 0 Å². The van der Waals surface area contributed by atoms with Crippen molar-refractivity contribution in [3.05, 3.63) is 65.7 Å². The summed E-state index contributed by atoms with van der Waals surface area (Å²) in [5.41, 5.74) is 1.60. The fourth-order valence-corrected chi connectivity index (χ4v) is 2.45. The van der Waals surface area contributed by atoms with Gasteiger partial charge in [-0.2, -0.15) is 4.68 Å². The van der Waals surface area contributed by atoms with Crippen LogP contribution in [0.3, 0.4) is 0 Å². The third-order valence-electron chi connectivity index (χ3n) is 3.77. The molecule has 3 aromatic rings. The number of aromatic nitrogens is 4. The second-order valence-corrected chi connectivity index (χ2v) is 5.36. The largest absolute Gasteiger partial charge is 0.494 e. The maximum Gasteiger partial charge on any atom is 0.253 e. The molecule has 0 radical (unpaired) electrons. The van der Waals surface area contributed by atoms with Gasteiger partial charge in [0.1, 0.15) is 6.33 Å². The lowest BCUT2D eigenvalue weighted by Crippen LogP contribution is -2.27. The Balaban J connectivity index is 1.82. The monoisotopic (exact) mass is 341 g/mol. The molecule has 1 amide bonds. The molecular formula is C17H16FN5O2. The molecule has 0 aliphatic rings. The number of para-hydroxylation sites is 1. The van der Waals surface area contributed by atoms with E-state index in [9.17, 15) is 9.18 Å². The number of ether oxygens (including phenoxy) is 1. The van der Waals surface area contributed by atoms with Gasteiger partial charge in [0, 0.05) is 0 Å². The summed E-state index contributed by atoms with van der Waals surface area (Å²) in [4.78, 5) is 12.6. The topological polar surface area (TPSA) is 81.9 Å². The zero-order valence-electron chi connectivity index (χ0n) is 13.7. The first-order chi connectivity index (χ1) is 12.1. The molecule has 7 nitrogen and oxygen atoms in total. The molecule has 3 rings (SSSR count). The van der Waals surface area contributed by atoms with E-state index in [0.29, 0.717) is 16.8 Å². The van der Waals surface area contributed by atoms with Gasteiger partial charge in [0.2, 0.25) is 0 Å². The summed E-state index contributed by atoms with van der Waals surface area (Å²) in [6.07, 6.45) is 1.41. The van der Waals surface area contributed by atoms with Crippen LogP contribution in [-0.2, 0) is 0 Å². The Labute approximate surface area is 143 Å². The molecule has 1 atom stereocenters. The minimum atomic E-state index is -0.477. The minimum Gasteiger partial charge on any atom is -0.494 e. The van der Waals surface area contributed by atoms with Crippen molar-refractivity contribution in [2.24, 2.45) is 0 Å². The van der Waals surface area contributed by atoms with Gasteiger partial charge in [-0.15, -0.1) is 5.10 Å². The number of hydrogen-bond donors (Lipinski definition) is 1. The highest BCUT2D eigenvalue weighted by atomic mass is 19.1. The lowest BCUT2D eigenvalue weighted by atomic mass is 10.1. The van der Waals surface area contributed by atoms with Gasteiger partial charge in [0.15, 0.2) is 11.6 Å². The second-order valence-electron chi connectivity index (χ2n) is 5.36. The average molecular weight is 341 g/mol. The van der Waals surface area contributed by atoms with Crippen LogP contribution >= 0.6 is 0 Å². The number of methoxy groups -OCH3 is 1. The van der Waals surface area contributed by atoms with E-state index < -0.39 is 11.9 Å². The van der Waals surface area contributed by atoms with Crippen LogP contribution in [0, 0.1) is 5.82 Å². The number of nitrogens with zero attached hydrogens (tertiary/aromatic N) is 4.